The molecule has 1 aliphatic carbocycles. The van der Waals surface area contributed by atoms with E-state index in [-0.39, 0.29) is 35.8 Å². The molecule has 1 aromatic rings. The molecule has 8 heteroatoms. The number of rotatable bonds is 7. The molecule has 1 aliphatic rings. The summed E-state index contributed by atoms with van der Waals surface area (Å²) >= 11 is 3.46. The van der Waals surface area contributed by atoms with E-state index >= 15 is 0 Å². The summed E-state index contributed by atoms with van der Waals surface area (Å²) in [6, 6.07) is 8.87. The maximum Gasteiger partial charge on any atom is 0.191 e. The summed E-state index contributed by atoms with van der Waals surface area (Å²) in [5.74, 6) is 1.46. The molecule has 2 rings (SSSR count). The third-order valence-corrected chi connectivity index (χ3v) is 5.54. The van der Waals surface area contributed by atoms with Crippen molar-refractivity contribution in [3.8, 4) is 0 Å². The van der Waals surface area contributed by atoms with E-state index in [2.05, 4.69) is 55.8 Å². The van der Waals surface area contributed by atoms with E-state index in [1.807, 2.05) is 13.8 Å². The molecule has 0 radical (unpaired) electrons. The predicted molar refractivity (Wildman–Crippen MR) is 119 cm³/mol. The van der Waals surface area contributed by atoms with Gasteiger partial charge in [0, 0.05) is 35.3 Å². The molecule has 0 amide bonds. The van der Waals surface area contributed by atoms with Crippen LogP contribution in [-0.4, -0.2) is 45.0 Å². The topological polar surface area (TPSA) is 70.6 Å². The van der Waals surface area contributed by atoms with E-state index in [4.69, 9.17) is 0 Å². The van der Waals surface area contributed by atoms with Crippen LogP contribution in [-0.2, 0) is 9.84 Å². The summed E-state index contributed by atoms with van der Waals surface area (Å²) in [4.78, 5) is 4.47. The van der Waals surface area contributed by atoms with Crippen molar-refractivity contribution in [2.45, 2.75) is 44.7 Å². The van der Waals surface area contributed by atoms with Crippen molar-refractivity contribution >= 4 is 55.7 Å². The molecule has 0 saturated heterocycles. The molecule has 0 spiro atoms. The first-order chi connectivity index (χ1) is 11.3. The van der Waals surface area contributed by atoms with Gasteiger partial charge in [0.1, 0.15) is 9.84 Å². The van der Waals surface area contributed by atoms with Crippen LogP contribution in [0.2, 0.25) is 0 Å². The number of halogens is 2. The number of guanidine groups is 1. The minimum absolute atomic E-state index is 0. The molecule has 0 heterocycles. The minimum atomic E-state index is -2.93. The molecule has 5 nitrogen and oxygen atoms in total. The summed E-state index contributed by atoms with van der Waals surface area (Å²) in [5, 5.41) is 6.77. The molecule has 1 saturated carbocycles. The monoisotopic (exact) mass is 543 g/mol. The van der Waals surface area contributed by atoms with E-state index < -0.39 is 9.84 Å². The van der Waals surface area contributed by atoms with E-state index in [9.17, 15) is 8.42 Å². The van der Waals surface area contributed by atoms with Gasteiger partial charge in [-0.2, -0.15) is 0 Å². The number of sulfone groups is 1. The zero-order valence-electron chi connectivity index (χ0n) is 14.8. The smallest absolute Gasteiger partial charge is 0.191 e. The summed E-state index contributed by atoms with van der Waals surface area (Å²) in [6.45, 7) is 4.66. The molecule has 0 aliphatic heterocycles. The van der Waals surface area contributed by atoms with Gasteiger partial charge in [-0.1, -0.05) is 28.1 Å². The highest BCUT2D eigenvalue weighted by atomic mass is 127. The highest BCUT2D eigenvalue weighted by molar-refractivity contribution is 14.0. The standard InChI is InChI=1S/C17H26BrN3O2S.HI/c1-4-19-17(20-12(2)9-10-24(3,22)23)21-16-11-15(16)13-5-7-14(18)8-6-13;/h5-8,12,15-16H,4,9-11H2,1-3H3,(H2,19,20,21);1H. The second kappa shape index (κ2) is 10.1. The lowest BCUT2D eigenvalue weighted by Gasteiger charge is -2.18. The van der Waals surface area contributed by atoms with Gasteiger partial charge in [0.05, 0.1) is 5.75 Å². The Kier molecular flexibility index (Phi) is 9.17. The summed E-state index contributed by atoms with van der Waals surface area (Å²) in [7, 11) is -2.93. The fourth-order valence-electron chi connectivity index (χ4n) is 2.60. The third kappa shape index (κ3) is 8.25. The lowest BCUT2D eigenvalue weighted by atomic mass is 10.1. The Morgan fingerprint density at radius 1 is 1.36 bits per heavy atom. The Balaban J connectivity index is 0.00000312. The first kappa shape index (κ1) is 22.7. The second-order valence-corrected chi connectivity index (χ2v) is 9.61. The van der Waals surface area contributed by atoms with Gasteiger partial charge < -0.3 is 10.6 Å². The van der Waals surface area contributed by atoms with Gasteiger partial charge in [0.15, 0.2) is 5.96 Å². The lowest BCUT2D eigenvalue weighted by molar-refractivity contribution is 0.580. The quantitative estimate of drug-likeness (QED) is 0.314. The van der Waals surface area contributed by atoms with Crippen LogP contribution in [0.5, 0.6) is 0 Å². The molecular weight excluding hydrogens is 517 g/mol. The van der Waals surface area contributed by atoms with Crippen LogP contribution in [0.4, 0.5) is 0 Å². The number of hydrogen-bond donors (Lipinski definition) is 2. The third-order valence-electron chi connectivity index (χ3n) is 4.03. The predicted octanol–water partition coefficient (Wildman–Crippen LogP) is 3.30. The van der Waals surface area contributed by atoms with Crippen molar-refractivity contribution < 1.29 is 8.42 Å². The van der Waals surface area contributed by atoms with Gasteiger partial charge in [0.2, 0.25) is 0 Å². The van der Waals surface area contributed by atoms with Crippen LogP contribution in [0, 0.1) is 0 Å². The molecule has 0 aromatic heterocycles. The van der Waals surface area contributed by atoms with Gasteiger partial charge in [-0.25, -0.2) is 8.42 Å². The van der Waals surface area contributed by atoms with Crippen molar-refractivity contribution in [3.63, 3.8) is 0 Å². The number of benzene rings is 1. The first-order valence-corrected chi connectivity index (χ1v) is 11.1. The maximum absolute atomic E-state index is 11.3. The number of hydrogen-bond acceptors (Lipinski definition) is 3. The van der Waals surface area contributed by atoms with E-state index in [0.717, 1.165) is 16.9 Å². The summed E-state index contributed by atoms with van der Waals surface area (Å²) in [5.41, 5.74) is 1.33. The van der Waals surface area contributed by atoms with Gasteiger partial charge in [0.25, 0.3) is 0 Å². The molecule has 25 heavy (non-hydrogen) atoms. The number of aliphatic imine (C=N–C) groups is 1. The Labute approximate surface area is 176 Å². The van der Waals surface area contributed by atoms with Crippen LogP contribution >= 0.6 is 39.9 Å². The molecule has 3 unspecified atom stereocenters. The largest absolute Gasteiger partial charge is 0.354 e. The van der Waals surface area contributed by atoms with E-state index in [0.29, 0.717) is 24.9 Å². The Bertz CT molecular complexity index is 680. The zero-order valence-corrected chi connectivity index (χ0v) is 19.6. The Morgan fingerprint density at radius 3 is 2.56 bits per heavy atom. The van der Waals surface area contributed by atoms with Crippen LogP contribution in [0.25, 0.3) is 0 Å². The van der Waals surface area contributed by atoms with Gasteiger partial charge in [-0.15, -0.1) is 24.0 Å². The molecule has 2 N–H and O–H groups in total. The lowest BCUT2D eigenvalue weighted by Crippen LogP contribution is -2.44. The highest BCUT2D eigenvalue weighted by Crippen LogP contribution is 2.40. The molecule has 1 aromatic carbocycles. The van der Waals surface area contributed by atoms with Crippen molar-refractivity contribution in [2.75, 3.05) is 18.6 Å². The molecule has 1 fully saturated rings. The van der Waals surface area contributed by atoms with E-state index in [1.54, 1.807) is 0 Å². The Morgan fingerprint density at radius 2 is 2.00 bits per heavy atom. The van der Waals surface area contributed by atoms with Crippen molar-refractivity contribution in [1.29, 1.82) is 0 Å². The number of nitrogens with one attached hydrogen (secondary N) is 2. The van der Waals surface area contributed by atoms with Gasteiger partial charge in [-0.05, 0) is 44.4 Å². The number of nitrogens with zero attached hydrogens (tertiary/aromatic N) is 1. The fourth-order valence-corrected chi connectivity index (χ4v) is 3.64. The SMILES string of the molecule is CCN=C(NC(C)CCS(C)(=O)=O)NC1CC1c1ccc(Br)cc1.I. The second-order valence-electron chi connectivity index (χ2n) is 6.43. The molecule has 3 atom stereocenters. The minimum Gasteiger partial charge on any atom is -0.354 e. The first-order valence-electron chi connectivity index (χ1n) is 8.29. The van der Waals surface area contributed by atoms with Crippen LogP contribution in [0.1, 0.15) is 38.2 Å². The normalized spacial score (nSPS) is 21.2. The average molecular weight is 544 g/mol. The maximum atomic E-state index is 11.3. The molecule has 142 valence electrons. The summed E-state index contributed by atoms with van der Waals surface area (Å²) in [6.07, 6.45) is 2.93. The Hall–Kier alpha value is -0.350. The van der Waals surface area contributed by atoms with Gasteiger partial charge in [-0.3, -0.25) is 4.99 Å². The van der Waals surface area contributed by atoms with Gasteiger partial charge >= 0.3 is 0 Å². The van der Waals surface area contributed by atoms with Crippen LogP contribution in [0.3, 0.4) is 0 Å². The van der Waals surface area contributed by atoms with Crippen molar-refractivity contribution in [1.82, 2.24) is 10.6 Å². The highest BCUT2D eigenvalue weighted by Gasteiger charge is 2.39. The van der Waals surface area contributed by atoms with Crippen molar-refractivity contribution in [3.05, 3.63) is 34.3 Å². The van der Waals surface area contributed by atoms with E-state index in [1.165, 1.54) is 11.8 Å². The van der Waals surface area contributed by atoms with Crippen molar-refractivity contribution in [2.24, 2.45) is 4.99 Å². The zero-order chi connectivity index (χ0) is 17.7. The molecular formula is C17H27BrIN3O2S. The molecule has 0 bridgehead atoms. The summed E-state index contributed by atoms with van der Waals surface area (Å²) < 4.78 is 23.7. The average Bonchev–Trinajstić information content (AvgIpc) is 3.24. The van der Waals surface area contributed by atoms with Crippen LogP contribution < -0.4 is 10.6 Å². The fraction of sp³-hybridized carbons (Fsp3) is 0.588. The van der Waals surface area contributed by atoms with Crippen LogP contribution in [0.15, 0.2) is 33.7 Å².